The fourth-order valence-corrected chi connectivity index (χ4v) is 3.46. The third-order valence-corrected chi connectivity index (χ3v) is 4.70. The van der Waals surface area contributed by atoms with Gasteiger partial charge in [0.2, 0.25) is 0 Å². The number of hydroxylamine groups is 2. The molecule has 5 nitrogen and oxygen atoms in total. The molecule has 23 heavy (non-hydrogen) atoms. The molecular formula is C18H26N2O3. The van der Waals surface area contributed by atoms with E-state index in [2.05, 4.69) is 12.1 Å². The van der Waals surface area contributed by atoms with Crippen LogP contribution < -0.4 is 0 Å². The van der Waals surface area contributed by atoms with E-state index < -0.39 is 5.60 Å². The van der Waals surface area contributed by atoms with Crippen LogP contribution in [0.4, 0.5) is 0 Å². The molecule has 1 unspecified atom stereocenters. The van der Waals surface area contributed by atoms with Crippen molar-refractivity contribution in [3.8, 4) is 0 Å². The lowest BCUT2D eigenvalue weighted by Crippen LogP contribution is -2.58. The molecule has 2 fully saturated rings. The number of benzene rings is 1. The zero-order valence-corrected chi connectivity index (χ0v) is 13.6. The van der Waals surface area contributed by atoms with Crippen LogP contribution >= 0.6 is 0 Å². The number of carbonyl (C=O) groups excluding carboxylic acids is 1. The minimum absolute atomic E-state index is 0.132. The predicted molar refractivity (Wildman–Crippen MR) is 87.7 cm³/mol. The molecule has 1 aromatic rings. The molecule has 2 heterocycles. The molecule has 126 valence electrons. The molecule has 0 spiro atoms. The molecule has 3 rings (SSSR count). The number of nitrogens with zero attached hydrogens (tertiary/aromatic N) is 2. The molecule has 1 N–H and O–H groups in total. The number of hydrogen-bond donors (Lipinski definition) is 1. The van der Waals surface area contributed by atoms with Gasteiger partial charge in [-0.25, -0.2) is 0 Å². The molecule has 2 aliphatic rings. The van der Waals surface area contributed by atoms with Crippen molar-refractivity contribution in [2.24, 2.45) is 0 Å². The van der Waals surface area contributed by atoms with Crippen LogP contribution in [0.25, 0.3) is 0 Å². The average molecular weight is 318 g/mol. The van der Waals surface area contributed by atoms with Gasteiger partial charge in [-0.05, 0) is 37.7 Å². The number of aryl methyl sites for hydroxylation is 1. The van der Waals surface area contributed by atoms with E-state index in [1.54, 1.807) is 5.06 Å². The Morgan fingerprint density at radius 1 is 1.17 bits per heavy atom. The molecule has 0 radical (unpaired) electrons. The van der Waals surface area contributed by atoms with Crippen LogP contribution in [0, 0.1) is 0 Å². The Balaban J connectivity index is 1.52. The summed E-state index contributed by atoms with van der Waals surface area (Å²) in [6.07, 6.45) is 4.22. The van der Waals surface area contributed by atoms with Crippen molar-refractivity contribution >= 4 is 5.91 Å². The summed E-state index contributed by atoms with van der Waals surface area (Å²) in [5, 5.41) is 12.5. The summed E-state index contributed by atoms with van der Waals surface area (Å²) in [7, 11) is 0. The molecule has 1 aromatic carbocycles. The maximum absolute atomic E-state index is 12.7. The third-order valence-electron chi connectivity index (χ3n) is 4.70. The Kier molecular flexibility index (Phi) is 5.30. The highest BCUT2D eigenvalue weighted by atomic mass is 16.7. The standard InChI is InChI=1S/C18H26N2O3/c21-17-18(22,15-20-13-6-14-23-20)10-5-12-19(17)11-4-9-16-7-2-1-3-8-16/h1-3,7-8,22H,4-6,9-15H2. The number of β-amino-alcohol motifs (C(OH)–C–C–N with tert-alkyl or cyclic N) is 1. The van der Waals surface area contributed by atoms with Gasteiger partial charge in [0.1, 0.15) is 0 Å². The Morgan fingerprint density at radius 2 is 2.00 bits per heavy atom. The second kappa shape index (κ2) is 7.43. The molecule has 2 aliphatic heterocycles. The number of aliphatic hydroxyl groups is 1. The molecule has 0 saturated carbocycles. The summed E-state index contributed by atoms with van der Waals surface area (Å²) in [5.41, 5.74) is 0.00712. The van der Waals surface area contributed by atoms with Gasteiger partial charge in [-0.15, -0.1) is 0 Å². The fourth-order valence-electron chi connectivity index (χ4n) is 3.46. The zero-order valence-electron chi connectivity index (χ0n) is 13.6. The van der Waals surface area contributed by atoms with E-state index >= 15 is 0 Å². The lowest BCUT2D eigenvalue weighted by Gasteiger charge is -2.39. The smallest absolute Gasteiger partial charge is 0.255 e. The Bertz CT molecular complexity index is 516. The SMILES string of the molecule is O=C1N(CCCc2ccccc2)CCCC1(O)CN1CCCO1. The van der Waals surface area contributed by atoms with E-state index in [1.165, 1.54) is 5.56 Å². The summed E-state index contributed by atoms with van der Waals surface area (Å²) in [5.74, 6) is -0.132. The molecule has 1 amide bonds. The van der Waals surface area contributed by atoms with Gasteiger partial charge < -0.3 is 10.0 Å². The van der Waals surface area contributed by atoms with Gasteiger partial charge in [0, 0.05) is 19.6 Å². The number of piperidine rings is 1. The van der Waals surface area contributed by atoms with E-state index in [4.69, 9.17) is 4.84 Å². The summed E-state index contributed by atoms with van der Waals surface area (Å²) in [6.45, 7) is 3.23. The fraction of sp³-hybridized carbons (Fsp3) is 0.611. The third kappa shape index (κ3) is 4.10. The first-order valence-corrected chi connectivity index (χ1v) is 8.61. The summed E-state index contributed by atoms with van der Waals surface area (Å²) >= 11 is 0. The van der Waals surface area contributed by atoms with Crippen LogP contribution in [0.2, 0.25) is 0 Å². The number of amides is 1. The normalized spacial score (nSPS) is 26.0. The number of hydrogen-bond acceptors (Lipinski definition) is 4. The zero-order chi connectivity index (χ0) is 16.1. The first kappa shape index (κ1) is 16.4. The first-order valence-electron chi connectivity index (χ1n) is 8.61. The van der Waals surface area contributed by atoms with Crippen LogP contribution in [0.5, 0.6) is 0 Å². The van der Waals surface area contributed by atoms with Crippen molar-refractivity contribution in [3.05, 3.63) is 35.9 Å². The second-order valence-corrected chi connectivity index (χ2v) is 6.57. The van der Waals surface area contributed by atoms with Crippen molar-refractivity contribution in [2.75, 3.05) is 32.8 Å². The topological polar surface area (TPSA) is 53.0 Å². The molecule has 5 heteroatoms. The summed E-state index contributed by atoms with van der Waals surface area (Å²) in [4.78, 5) is 19.9. The number of carbonyl (C=O) groups is 1. The van der Waals surface area contributed by atoms with E-state index in [0.717, 1.165) is 38.8 Å². The van der Waals surface area contributed by atoms with E-state index in [-0.39, 0.29) is 5.91 Å². The lowest BCUT2D eigenvalue weighted by molar-refractivity contribution is -0.181. The van der Waals surface area contributed by atoms with Crippen molar-refractivity contribution in [2.45, 2.75) is 37.7 Å². The van der Waals surface area contributed by atoms with Gasteiger partial charge >= 0.3 is 0 Å². The Hall–Kier alpha value is -1.43. The van der Waals surface area contributed by atoms with Crippen molar-refractivity contribution in [3.63, 3.8) is 0 Å². The predicted octanol–water partition coefficient (Wildman–Crippen LogP) is 1.61. The first-order chi connectivity index (χ1) is 11.2. The van der Waals surface area contributed by atoms with Crippen LogP contribution in [0.1, 0.15) is 31.2 Å². The van der Waals surface area contributed by atoms with Crippen molar-refractivity contribution in [1.29, 1.82) is 0 Å². The Labute approximate surface area is 137 Å². The molecular weight excluding hydrogens is 292 g/mol. The monoisotopic (exact) mass is 318 g/mol. The summed E-state index contributed by atoms with van der Waals surface area (Å²) in [6, 6.07) is 10.3. The van der Waals surface area contributed by atoms with Gasteiger partial charge in [0.15, 0.2) is 5.60 Å². The molecule has 0 bridgehead atoms. The van der Waals surface area contributed by atoms with Crippen molar-refractivity contribution in [1.82, 2.24) is 9.96 Å². The summed E-state index contributed by atoms with van der Waals surface area (Å²) < 4.78 is 0. The van der Waals surface area contributed by atoms with Crippen LogP contribution in [-0.4, -0.2) is 59.4 Å². The largest absolute Gasteiger partial charge is 0.379 e. The van der Waals surface area contributed by atoms with Crippen molar-refractivity contribution < 1.29 is 14.7 Å². The highest BCUT2D eigenvalue weighted by molar-refractivity contribution is 5.86. The van der Waals surface area contributed by atoms with Crippen LogP contribution in [-0.2, 0) is 16.1 Å². The number of rotatable bonds is 6. The quantitative estimate of drug-likeness (QED) is 0.866. The maximum Gasteiger partial charge on any atom is 0.255 e. The van der Waals surface area contributed by atoms with E-state index in [0.29, 0.717) is 26.1 Å². The maximum atomic E-state index is 12.7. The van der Waals surface area contributed by atoms with Crippen LogP contribution in [0.15, 0.2) is 30.3 Å². The molecule has 0 aromatic heterocycles. The second-order valence-electron chi connectivity index (χ2n) is 6.57. The van der Waals surface area contributed by atoms with Gasteiger partial charge in [-0.2, -0.15) is 5.06 Å². The van der Waals surface area contributed by atoms with Crippen LogP contribution in [0.3, 0.4) is 0 Å². The van der Waals surface area contributed by atoms with E-state index in [1.807, 2.05) is 23.1 Å². The van der Waals surface area contributed by atoms with Gasteiger partial charge in [0.05, 0.1) is 13.2 Å². The minimum Gasteiger partial charge on any atom is -0.379 e. The number of likely N-dealkylation sites (tertiary alicyclic amines) is 1. The minimum atomic E-state index is -1.28. The highest BCUT2D eigenvalue weighted by Crippen LogP contribution is 2.25. The lowest BCUT2D eigenvalue weighted by atomic mass is 9.91. The molecule has 0 aliphatic carbocycles. The van der Waals surface area contributed by atoms with Gasteiger partial charge in [-0.1, -0.05) is 30.3 Å². The average Bonchev–Trinajstić information content (AvgIpc) is 3.05. The molecule has 1 atom stereocenters. The molecule has 2 saturated heterocycles. The van der Waals surface area contributed by atoms with E-state index in [9.17, 15) is 9.90 Å². The van der Waals surface area contributed by atoms with Gasteiger partial charge in [-0.3, -0.25) is 9.63 Å². The van der Waals surface area contributed by atoms with Gasteiger partial charge in [0.25, 0.3) is 5.91 Å². The highest BCUT2D eigenvalue weighted by Gasteiger charge is 2.43. The Morgan fingerprint density at radius 3 is 2.74 bits per heavy atom.